The Kier molecular flexibility index (Phi) is 8.03. The molecule has 0 radical (unpaired) electrons. The number of hydrogen-bond donors (Lipinski definition) is 0. The van der Waals surface area contributed by atoms with Crippen LogP contribution in [0, 0.1) is 0 Å². The SMILES string of the molecule is CCN(Cc1ccccc1)C(=O)C(C)N1CCN(CC(=O)N2CCOCC2)CC1. The zero-order chi connectivity index (χ0) is 20.6. The van der Waals surface area contributed by atoms with Crippen molar-refractivity contribution in [1.82, 2.24) is 19.6 Å². The highest BCUT2D eigenvalue weighted by Gasteiger charge is 2.29. The summed E-state index contributed by atoms with van der Waals surface area (Å²) in [6.07, 6.45) is 0. The van der Waals surface area contributed by atoms with Crippen molar-refractivity contribution >= 4 is 11.8 Å². The van der Waals surface area contributed by atoms with Gasteiger partial charge in [-0.15, -0.1) is 0 Å². The first-order valence-electron chi connectivity index (χ1n) is 10.7. The van der Waals surface area contributed by atoms with E-state index >= 15 is 0 Å². The second-order valence-corrected chi connectivity index (χ2v) is 7.82. The molecular formula is C22H34N4O3. The molecule has 0 aliphatic carbocycles. The van der Waals surface area contributed by atoms with Gasteiger partial charge in [0, 0.05) is 52.4 Å². The van der Waals surface area contributed by atoms with Crippen molar-refractivity contribution in [3.8, 4) is 0 Å². The third-order valence-corrected chi connectivity index (χ3v) is 5.94. The Labute approximate surface area is 174 Å². The molecule has 0 N–H and O–H groups in total. The van der Waals surface area contributed by atoms with Crippen LogP contribution in [0.4, 0.5) is 0 Å². The summed E-state index contributed by atoms with van der Waals surface area (Å²) < 4.78 is 5.32. The summed E-state index contributed by atoms with van der Waals surface area (Å²) in [7, 11) is 0. The fourth-order valence-corrected chi connectivity index (χ4v) is 3.98. The monoisotopic (exact) mass is 402 g/mol. The van der Waals surface area contributed by atoms with Crippen molar-refractivity contribution in [1.29, 1.82) is 0 Å². The number of benzene rings is 1. The number of piperazine rings is 1. The molecular weight excluding hydrogens is 368 g/mol. The van der Waals surface area contributed by atoms with Crippen LogP contribution in [0.1, 0.15) is 19.4 Å². The van der Waals surface area contributed by atoms with Crippen molar-refractivity contribution < 1.29 is 14.3 Å². The van der Waals surface area contributed by atoms with Gasteiger partial charge in [-0.05, 0) is 19.4 Å². The van der Waals surface area contributed by atoms with Crippen LogP contribution in [0.15, 0.2) is 30.3 Å². The highest BCUT2D eigenvalue weighted by atomic mass is 16.5. The van der Waals surface area contributed by atoms with E-state index in [2.05, 4.69) is 21.9 Å². The standard InChI is InChI=1S/C22H34N4O3/c1-3-24(17-20-7-5-4-6-8-20)22(28)19(2)25-11-9-23(10-12-25)18-21(27)26-13-15-29-16-14-26/h4-8,19H,3,9-18H2,1-2H3. The van der Waals surface area contributed by atoms with E-state index in [1.807, 2.05) is 41.8 Å². The Bertz CT molecular complexity index is 655. The molecule has 2 heterocycles. The fourth-order valence-electron chi connectivity index (χ4n) is 3.98. The third kappa shape index (κ3) is 6.01. The average molecular weight is 403 g/mol. The van der Waals surface area contributed by atoms with Gasteiger partial charge in [-0.1, -0.05) is 30.3 Å². The molecule has 29 heavy (non-hydrogen) atoms. The molecule has 7 nitrogen and oxygen atoms in total. The highest BCUT2D eigenvalue weighted by molar-refractivity contribution is 5.81. The number of rotatable bonds is 7. The second kappa shape index (κ2) is 10.7. The van der Waals surface area contributed by atoms with Crippen molar-refractivity contribution in [3.05, 3.63) is 35.9 Å². The molecule has 0 spiro atoms. The van der Waals surface area contributed by atoms with Gasteiger partial charge in [0.25, 0.3) is 0 Å². The maximum atomic E-state index is 13.0. The molecule has 1 unspecified atom stereocenters. The predicted octanol–water partition coefficient (Wildman–Crippen LogP) is 0.900. The topological polar surface area (TPSA) is 56.3 Å². The summed E-state index contributed by atoms with van der Waals surface area (Å²) >= 11 is 0. The Morgan fingerprint density at radius 2 is 1.69 bits per heavy atom. The van der Waals surface area contributed by atoms with Gasteiger partial charge in [0.2, 0.25) is 11.8 Å². The number of ether oxygens (including phenoxy) is 1. The molecule has 2 aliphatic heterocycles. The zero-order valence-corrected chi connectivity index (χ0v) is 17.8. The van der Waals surface area contributed by atoms with E-state index in [1.54, 1.807) is 0 Å². The number of nitrogens with zero attached hydrogens (tertiary/aromatic N) is 4. The smallest absolute Gasteiger partial charge is 0.239 e. The molecule has 3 rings (SSSR count). The lowest BCUT2D eigenvalue weighted by Crippen LogP contribution is -2.56. The van der Waals surface area contributed by atoms with E-state index < -0.39 is 0 Å². The van der Waals surface area contributed by atoms with Crippen LogP contribution in [-0.2, 0) is 20.9 Å². The molecule has 0 bridgehead atoms. The zero-order valence-electron chi connectivity index (χ0n) is 17.8. The quantitative estimate of drug-likeness (QED) is 0.678. The van der Waals surface area contributed by atoms with Crippen molar-refractivity contribution in [2.45, 2.75) is 26.4 Å². The van der Waals surface area contributed by atoms with Crippen molar-refractivity contribution in [2.75, 3.05) is 65.6 Å². The van der Waals surface area contributed by atoms with E-state index in [0.29, 0.717) is 45.9 Å². The third-order valence-electron chi connectivity index (χ3n) is 5.94. The summed E-state index contributed by atoms with van der Waals surface area (Å²) in [5.41, 5.74) is 1.15. The van der Waals surface area contributed by atoms with Crippen LogP contribution in [-0.4, -0.2) is 103 Å². The second-order valence-electron chi connectivity index (χ2n) is 7.82. The lowest BCUT2D eigenvalue weighted by Gasteiger charge is -2.39. The van der Waals surface area contributed by atoms with E-state index in [1.165, 1.54) is 0 Å². The minimum Gasteiger partial charge on any atom is -0.378 e. The van der Waals surface area contributed by atoms with E-state index in [-0.39, 0.29) is 17.9 Å². The van der Waals surface area contributed by atoms with Crippen LogP contribution >= 0.6 is 0 Å². The number of morpholine rings is 1. The maximum absolute atomic E-state index is 13.0. The number of carbonyl (C=O) groups is 2. The van der Waals surface area contributed by atoms with Crippen LogP contribution in [0.5, 0.6) is 0 Å². The average Bonchev–Trinajstić information content (AvgIpc) is 2.78. The molecule has 7 heteroatoms. The number of likely N-dealkylation sites (N-methyl/N-ethyl adjacent to an activating group) is 1. The van der Waals surface area contributed by atoms with Crippen molar-refractivity contribution in [3.63, 3.8) is 0 Å². The van der Waals surface area contributed by atoms with E-state index in [0.717, 1.165) is 31.7 Å². The molecule has 0 saturated carbocycles. The van der Waals surface area contributed by atoms with Crippen LogP contribution in [0.2, 0.25) is 0 Å². The van der Waals surface area contributed by atoms with Gasteiger partial charge in [0.05, 0.1) is 25.8 Å². The van der Waals surface area contributed by atoms with Gasteiger partial charge in [0.1, 0.15) is 0 Å². The van der Waals surface area contributed by atoms with Crippen LogP contribution in [0.25, 0.3) is 0 Å². The van der Waals surface area contributed by atoms with Gasteiger partial charge in [-0.3, -0.25) is 19.4 Å². The maximum Gasteiger partial charge on any atom is 0.239 e. The van der Waals surface area contributed by atoms with E-state index in [4.69, 9.17) is 4.74 Å². The van der Waals surface area contributed by atoms with Gasteiger partial charge in [0.15, 0.2) is 0 Å². The Morgan fingerprint density at radius 1 is 1.03 bits per heavy atom. The van der Waals surface area contributed by atoms with Crippen molar-refractivity contribution in [2.24, 2.45) is 0 Å². The molecule has 2 aliphatic rings. The first-order valence-corrected chi connectivity index (χ1v) is 10.7. The predicted molar refractivity (Wildman–Crippen MR) is 112 cm³/mol. The molecule has 1 atom stereocenters. The van der Waals surface area contributed by atoms with Gasteiger partial charge < -0.3 is 14.5 Å². The number of hydrogen-bond acceptors (Lipinski definition) is 5. The van der Waals surface area contributed by atoms with Gasteiger partial charge >= 0.3 is 0 Å². The largest absolute Gasteiger partial charge is 0.378 e. The molecule has 160 valence electrons. The van der Waals surface area contributed by atoms with Gasteiger partial charge in [-0.25, -0.2) is 0 Å². The number of carbonyl (C=O) groups excluding carboxylic acids is 2. The first-order chi connectivity index (χ1) is 14.1. The molecule has 2 amide bonds. The first kappa shape index (κ1) is 21.7. The summed E-state index contributed by atoms with van der Waals surface area (Å²) in [6.45, 7) is 11.8. The van der Waals surface area contributed by atoms with E-state index in [9.17, 15) is 9.59 Å². The summed E-state index contributed by atoms with van der Waals surface area (Å²) in [6, 6.07) is 9.99. The lowest BCUT2D eigenvalue weighted by atomic mass is 10.1. The molecule has 2 saturated heterocycles. The summed E-state index contributed by atoms with van der Waals surface area (Å²) in [4.78, 5) is 33.7. The van der Waals surface area contributed by atoms with Crippen LogP contribution < -0.4 is 0 Å². The molecule has 0 aromatic heterocycles. The van der Waals surface area contributed by atoms with Gasteiger partial charge in [-0.2, -0.15) is 0 Å². The normalized spacial score (nSPS) is 19.7. The molecule has 1 aromatic carbocycles. The lowest BCUT2D eigenvalue weighted by molar-refractivity contribution is -0.140. The minimum atomic E-state index is -0.143. The summed E-state index contributed by atoms with van der Waals surface area (Å²) in [5.74, 6) is 0.361. The molecule has 1 aromatic rings. The minimum absolute atomic E-state index is 0.143. The number of amides is 2. The molecule has 2 fully saturated rings. The highest BCUT2D eigenvalue weighted by Crippen LogP contribution is 2.12. The summed E-state index contributed by atoms with van der Waals surface area (Å²) in [5, 5.41) is 0. The Balaban J connectivity index is 1.46. The Morgan fingerprint density at radius 3 is 2.31 bits per heavy atom. The fraction of sp³-hybridized carbons (Fsp3) is 0.636. The van der Waals surface area contributed by atoms with Crippen LogP contribution in [0.3, 0.4) is 0 Å². The Hall–Kier alpha value is -1.96.